The summed E-state index contributed by atoms with van der Waals surface area (Å²) in [4.78, 5) is 38.6. The predicted molar refractivity (Wildman–Crippen MR) is 108 cm³/mol. The highest BCUT2D eigenvalue weighted by molar-refractivity contribution is 5.82. The number of fused-ring (bicyclic) bond motifs is 1. The van der Waals surface area contributed by atoms with Crippen molar-refractivity contribution in [3.63, 3.8) is 0 Å². The number of nitrogens with zero attached hydrogens (tertiary/aromatic N) is 4. The average molecular weight is 406 g/mol. The first-order valence-electron chi connectivity index (χ1n) is 9.07. The Bertz CT molecular complexity index is 1270. The molecule has 3 aromatic heterocycles. The molecule has 3 heterocycles. The van der Waals surface area contributed by atoms with Crippen molar-refractivity contribution >= 4 is 23.0 Å². The van der Waals surface area contributed by atoms with Gasteiger partial charge in [-0.25, -0.2) is 4.79 Å². The van der Waals surface area contributed by atoms with E-state index >= 15 is 0 Å². The Labute approximate surface area is 170 Å². The van der Waals surface area contributed by atoms with Crippen LogP contribution in [0.25, 0.3) is 11.2 Å². The number of carboxylic acid groups (broad SMARTS) is 1. The van der Waals surface area contributed by atoms with Crippen molar-refractivity contribution in [1.29, 1.82) is 0 Å². The summed E-state index contributed by atoms with van der Waals surface area (Å²) < 4.78 is 7.03. The topological polar surface area (TPSA) is 149 Å². The lowest BCUT2D eigenvalue weighted by molar-refractivity contribution is -0.136. The maximum absolute atomic E-state index is 12.5. The Kier molecular flexibility index (Phi) is 5.12. The van der Waals surface area contributed by atoms with Crippen LogP contribution >= 0.6 is 0 Å². The standard InChI is InChI=1S/C20H18N6O4/c21-17-16-18(25-19(24-17)30-11-14-5-2-6-22-9-14)26(20(29)23-16)10-13-4-1-3-12(7-13)8-15(27)28/h1-7,9H,8,10-11H2,(H,23,29)(H,27,28)(H2,21,24,25). The van der Waals surface area contributed by atoms with E-state index in [0.29, 0.717) is 16.7 Å². The van der Waals surface area contributed by atoms with Crippen LogP contribution in [0.5, 0.6) is 6.01 Å². The number of imidazole rings is 1. The predicted octanol–water partition coefficient (Wildman–Crippen LogP) is 1.35. The fourth-order valence-electron chi connectivity index (χ4n) is 3.07. The molecular formula is C20H18N6O4. The molecule has 152 valence electrons. The van der Waals surface area contributed by atoms with Crippen molar-refractivity contribution in [3.05, 3.63) is 76.0 Å². The van der Waals surface area contributed by atoms with Crippen LogP contribution in [0.2, 0.25) is 0 Å². The van der Waals surface area contributed by atoms with Gasteiger partial charge in [-0.05, 0) is 17.2 Å². The molecule has 10 heteroatoms. The lowest BCUT2D eigenvalue weighted by Crippen LogP contribution is -2.18. The number of anilines is 1. The van der Waals surface area contributed by atoms with Crippen molar-refractivity contribution in [2.75, 3.05) is 5.73 Å². The van der Waals surface area contributed by atoms with Crippen LogP contribution in [0.3, 0.4) is 0 Å². The average Bonchev–Trinajstić information content (AvgIpc) is 3.03. The maximum atomic E-state index is 12.5. The van der Waals surface area contributed by atoms with Gasteiger partial charge in [0, 0.05) is 18.0 Å². The zero-order chi connectivity index (χ0) is 21.1. The molecule has 1 aromatic carbocycles. The normalized spacial score (nSPS) is 10.9. The van der Waals surface area contributed by atoms with E-state index in [-0.39, 0.29) is 31.4 Å². The van der Waals surface area contributed by atoms with Crippen LogP contribution in [0.4, 0.5) is 5.82 Å². The summed E-state index contributed by atoms with van der Waals surface area (Å²) in [5.74, 6) is -0.830. The van der Waals surface area contributed by atoms with E-state index in [1.807, 2.05) is 6.07 Å². The number of nitrogen functional groups attached to an aromatic ring is 1. The summed E-state index contributed by atoms with van der Waals surface area (Å²) in [6.07, 6.45) is 3.23. The molecule has 0 saturated carbocycles. The molecule has 0 aliphatic rings. The van der Waals surface area contributed by atoms with Crippen molar-refractivity contribution < 1.29 is 14.6 Å². The lowest BCUT2D eigenvalue weighted by atomic mass is 10.1. The number of aromatic amines is 1. The zero-order valence-electron chi connectivity index (χ0n) is 15.8. The second-order valence-corrected chi connectivity index (χ2v) is 6.65. The Balaban J connectivity index is 1.65. The van der Waals surface area contributed by atoms with Gasteiger partial charge in [0.15, 0.2) is 11.5 Å². The molecule has 10 nitrogen and oxygen atoms in total. The number of hydrogen-bond acceptors (Lipinski definition) is 7. The quantitative estimate of drug-likeness (QED) is 0.416. The number of H-pyrrole nitrogens is 1. The first-order chi connectivity index (χ1) is 14.5. The summed E-state index contributed by atoms with van der Waals surface area (Å²) in [5.41, 5.74) is 8.44. The number of ether oxygens (including phenoxy) is 1. The van der Waals surface area contributed by atoms with Crippen molar-refractivity contribution in [2.24, 2.45) is 0 Å². The third-order valence-corrected chi connectivity index (χ3v) is 4.41. The number of nitrogens with two attached hydrogens (primary N) is 1. The van der Waals surface area contributed by atoms with E-state index in [1.54, 1.807) is 42.7 Å². The highest BCUT2D eigenvalue weighted by atomic mass is 16.5. The smallest absolute Gasteiger partial charge is 0.328 e. The number of rotatable bonds is 7. The van der Waals surface area contributed by atoms with E-state index in [9.17, 15) is 9.59 Å². The molecule has 0 amide bonds. The second-order valence-electron chi connectivity index (χ2n) is 6.65. The SMILES string of the molecule is Nc1nc(OCc2cccnc2)nc2c1[nH]c(=O)n2Cc1cccc(CC(=O)O)c1. The molecule has 0 aliphatic carbocycles. The molecule has 0 aliphatic heterocycles. The Hall–Kier alpha value is -4.21. The summed E-state index contributed by atoms with van der Waals surface area (Å²) >= 11 is 0. The summed E-state index contributed by atoms with van der Waals surface area (Å²) in [5, 5.41) is 8.99. The summed E-state index contributed by atoms with van der Waals surface area (Å²) in [7, 11) is 0. The molecule has 0 spiro atoms. The van der Waals surface area contributed by atoms with E-state index in [1.165, 1.54) is 4.57 Å². The second kappa shape index (κ2) is 8.03. The highest BCUT2D eigenvalue weighted by Crippen LogP contribution is 2.19. The first kappa shape index (κ1) is 19.1. The number of carboxylic acids is 1. The van der Waals surface area contributed by atoms with Crippen molar-refractivity contribution in [3.8, 4) is 6.01 Å². The van der Waals surface area contributed by atoms with Crippen LogP contribution in [0, 0.1) is 0 Å². The third-order valence-electron chi connectivity index (χ3n) is 4.41. The van der Waals surface area contributed by atoms with Gasteiger partial charge in [-0.15, -0.1) is 0 Å². The molecule has 0 atom stereocenters. The summed E-state index contributed by atoms with van der Waals surface area (Å²) in [6, 6.07) is 10.7. The molecular weight excluding hydrogens is 388 g/mol. The Morgan fingerprint density at radius 3 is 2.73 bits per heavy atom. The van der Waals surface area contributed by atoms with Gasteiger partial charge in [-0.1, -0.05) is 30.3 Å². The minimum Gasteiger partial charge on any atom is -0.481 e. The summed E-state index contributed by atoms with van der Waals surface area (Å²) in [6.45, 7) is 0.384. The molecule has 0 bridgehead atoms. The molecule has 4 N–H and O–H groups in total. The third kappa shape index (κ3) is 4.12. The van der Waals surface area contributed by atoms with Crippen molar-refractivity contribution in [2.45, 2.75) is 19.6 Å². The first-order valence-corrected chi connectivity index (χ1v) is 9.07. The van der Waals surface area contributed by atoms with Crippen LogP contribution in [-0.2, 0) is 24.4 Å². The van der Waals surface area contributed by atoms with Gasteiger partial charge in [0.25, 0.3) is 0 Å². The molecule has 0 unspecified atom stereocenters. The van der Waals surface area contributed by atoms with Gasteiger partial charge in [-0.2, -0.15) is 9.97 Å². The fourth-order valence-corrected chi connectivity index (χ4v) is 3.07. The number of aromatic nitrogens is 5. The van der Waals surface area contributed by atoms with Crippen LogP contribution in [-0.4, -0.2) is 35.6 Å². The van der Waals surface area contributed by atoms with Crippen molar-refractivity contribution in [1.82, 2.24) is 24.5 Å². The van der Waals surface area contributed by atoms with Gasteiger partial charge in [0.05, 0.1) is 13.0 Å². The molecule has 4 rings (SSSR count). The highest BCUT2D eigenvalue weighted by Gasteiger charge is 2.15. The maximum Gasteiger partial charge on any atom is 0.328 e. The molecule has 0 saturated heterocycles. The number of aliphatic carboxylic acids is 1. The Morgan fingerprint density at radius 2 is 1.97 bits per heavy atom. The van der Waals surface area contributed by atoms with E-state index < -0.39 is 11.7 Å². The number of benzene rings is 1. The number of pyridine rings is 1. The monoisotopic (exact) mass is 406 g/mol. The number of carbonyl (C=O) groups is 1. The van der Waals surface area contributed by atoms with E-state index in [0.717, 1.165) is 11.1 Å². The van der Waals surface area contributed by atoms with E-state index in [4.69, 9.17) is 15.6 Å². The van der Waals surface area contributed by atoms with Gasteiger partial charge < -0.3 is 20.6 Å². The molecule has 0 radical (unpaired) electrons. The van der Waals surface area contributed by atoms with Crippen LogP contribution in [0.1, 0.15) is 16.7 Å². The minimum atomic E-state index is -0.924. The number of nitrogens with one attached hydrogen (secondary N) is 1. The largest absolute Gasteiger partial charge is 0.481 e. The van der Waals surface area contributed by atoms with Crippen LogP contribution in [0.15, 0.2) is 53.6 Å². The lowest BCUT2D eigenvalue weighted by Gasteiger charge is -2.08. The Morgan fingerprint density at radius 1 is 1.17 bits per heavy atom. The zero-order valence-corrected chi connectivity index (χ0v) is 15.8. The molecule has 0 fully saturated rings. The van der Waals surface area contributed by atoms with Crippen LogP contribution < -0.4 is 16.2 Å². The van der Waals surface area contributed by atoms with Gasteiger partial charge in [-0.3, -0.25) is 14.3 Å². The van der Waals surface area contributed by atoms with Gasteiger partial charge in [0.2, 0.25) is 0 Å². The van der Waals surface area contributed by atoms with Gasteiger partial charge >= 0.3 is 17.7 Å². The number of hydrogen-bond donors (Lipinski definition) is 3. The van der Waals surface area contributed by atoms with Gasteiger partial charge in [0.1, 0.15) is 12.1 Å². The minimum absolute atomic E-state index is 0.0382. The molecule has 4 aromatic rings. The van der Waals surface area contributed by atoms with E-state index in [2.05, 4.69) is 19.9 Å². The molecule has 30 heavy (non-hydrogen) atoms. The fraction of sp³-hybridized carbons (Fsp3) is 0.150.